The highest BCUT2D eigenvalue weighted by Gasteiger charge is 2.17. The molecule has 1 aromatic carbocycles. The van der Waals surface area contributed by atoms with E-state index in [-0.39, 0.29) is 0 Å². The van der Waals surface area contributed by atoms with Crippen molar-refractivity contribution in [3.8, 4) is 11.4 Å². The molecule has 0 unspecified atom stereocenters. The van der Waals surface area contributed by atoms with Gasteiger partial charge in [0.05, 0.1) is 5.69 Å². The molecule has 1 aliphatic rings. The van der Waals surface area contributed by atoms with Crippen LogP contribution in [0.1, 0.15) is 17.5 Å². The Morgan fingerprint density at radius 2 is 2.03 bits per heavy atom. The summed E-state index contributed by atoms with van der Waals surface area (Å²) in [4.78, 5) is 30.8. The van der Waals surface area contributed by atoms with Crippen LogP contribution in [0.5, 0.6) is 0 Å². The van der Waals surface area contributed by atoms with Crippen molar-refractivity contribution in [3.63, 3.8) is 0 Å². The molecule has 8 heteroatoms. The summed E-state index contributed by atoms with van der Waals surface area (Å²) in [7, 11) is 2.09. The first-order chi connectivity index (χ1) is 14.1. The quantitative estimate of drug-likeness (QED) is 0.650. The molecule has 1 aliphatic heterocycles. The Hall–Kier alpha value is -3.26. The highest BCUT2D eigenvalue weighted by atomic mass is 32.1. The van der Waals surface area contributed by atoms with Crippen LogP contribution in [-0.4, -0.2) is 34.8 Å². The molecule has 0 aliphatic carbocycles. The minimum absolute atomic E-state index is 0.311. The van der Waals surface area contributed by atoms with Gasteiger partial charge in [-0.2, -0.15) is 4.37 Å². The van der Waals surface area contributed by atoms with Crippen LogP contribution in [-0.2, 0) is 22.6 Å². The number of benzene rings is 1. The molecule has 0 saturated heterocycles. The first kappa shape index (κ1) is 19.1. The standard InChI is InChI=1S/C21H21N5O2S/c1-26-10-4-5-15-11-14(7-8-18(15)26)13-23-20(27)21(28)24-19-12-17(25-29-19)16-6-2-3-9-22-16/h2-3,6-9,11-12H,4-5,10,13H2,1H3,(H,23,27)(H,24,28). The lowest BCUT2D eigenvalue weighted by Crippen LogP contribution is -2.34. The third kappa shape index (κ3) is 4.43. The van der Waals surface area contributed by atoms with E-state index in [0.717, 1.165) is 36.5 Å². The smallest absolute Gasteiger partial charge is 0.314 e. The molecule has 0 radical (unpaired) electrons. The lowest BCUT2D eigenvalue weighted by Gasteiger charge is -2.27. The first-order valence-electron chi connectivity index (χ1n) is 9.40. The van der Waals surface area contributed by atoms with E-state index in [9.17, 15) is 9.59 Å². The fourth-order valence-corrected chi connectivity index (χ4v) is 3.99. The average molecular weight is 407 g/mol. The lowest BCUT2D eigenvalue weighted by atomic mass is 9.99. The molecule has 0 saturated carbocycles. The monoisotopic (exact) mass is 407 g/mol. The number of carbonyl (C=O) groups excluding carboxylic acids is 2. The number of hydrogen-bond donors (Lipinski definition) is 2. The highest BCUT2D eigenvalue weighted by molar-refractivity contribution is 7.10. The molecule has 3 aromatic rings. The molecular formula is C21H21N5O2S. The molecule has 0 bridgehead atoms. The minimum Gasteiger partial charge on any atom is -0.374 e. The summed E-state index contributed by atoms with van der Waals surface area (Å²) in [5.74, 6) is -1.38. The maximum absolute atomic E-state index is 12.2. The van der Waals surface area contributed by atoms with E-state index in [2.05, 4.69) is 44.1 Å². The van der Waals surface area contributed by atoms with Gasteiger partial charge in [-0.15, -0.1) is 0 Å². The average Bonchev–Trinajstić information content (AvgIpc) is 3.21. The van der Waals surface area contributed by atoms with Gasteiger partial charge in [-0.1, -0.05) is 18.2 Å². The summed E-state index contributed by atoms with van der Waals surface area (Å²) in [6.07, 6.45) is 3.84. The van der Waals surface area contributed by atoms with Crippen molar-refractivity contribution in [1.82, 2.24) is 14.7 Å². The van der Waals surface area contributed by atoms with Gasteiger partial charge in [-0.05, 0) is 53.7 Å². The van der Waals surface area contributed by atoms with Crippen LogP contribution in [0.25, 0.3) is 11.4 Å². The van der Waals surface area contributed by atoms with E-state index >= 15 is 0 Å². The molecule has 148 valence electrons. The molecular weight excluding hydrogens is 386 g/mol. The van der Waals surface area contributed by atoms with Gasteiger partial charge in [0.25, 0.3) is 0 Å². The largest absolute Gasteiger partial charge is 0.374 e. The normalized spacial score (nSPS) is 12.9. The van der Waals surface area contributed by atoms with E-state index in [0.29, 0.717) is 22.9 Å². The number of aryl methyl sites for hydroxylation is 1. The zero-order valence-corrected chi connectivity index (χ0v) is 16.8. The zero-order chi connectivity index (χ0) is 20.2. The Labute approximate surface area is 172 Å². The van der Waals surface area contributed by atoms with E-state index in [1.807, 2.05) is 24.3 Å². The molecule has 7 nitrogen and oxygen atoms in total. The summed E-state index contributed by atoms with van der Waals surface area (Å²) < 4.78 is 4.27. The van der Waals surface area contributed by atoms with Crippen LogP contribution in [0.2, 0.25) is 0 Å². The topological polar surface area (TPSA) is 87.2 Å². The van der Waals surface area contributed by atoms with Crippen molar-refractivity contribution in [2.45, 2.75) is 19.4 Å². The predicted molar refractivity (Wildman–Crippen MR) is 114 cm³/mol. The van der Waals surface area contributed by atoms with Crippen LogP contribution < -0.4 is 15.5 Å². The SMILES string of the molecule is CN1CCCc2cc(CNC(=O)C(=O)Nc3cc(-c4ccccn4)ns3)ccc21. The van der Waals surface area contributed by atoms with Crippen molar-refractivity contribution >= 4 is 34.0 Å². The Morgan fingerprint density at radius 1 is 1.14 bits per heavy atom. The Balaban J connectivity index is 1.33. The van der Waals surface area contributed by atoms with Gasteiger partial charge in [0, 0.05) is 38.1 Å². The van der Waals surface area contributed by atoms with Crippen molar-refractivity contribution in [3.05, 3.63) is 59.8 Å². The van der Waals surface area contributed by atoms with Crippen LogP contribution in [0, 0.1) is 0 Å². The van der Waals surface area contributed by atoms with E-state index in [4.69, 9.17) is 0 Å². The Morgan fingerprint density at radius 3 is 2.86 bits per heavy atom. The molecule has 2 N–H and O–H groups in total. The number of nitrogens with zero attached hydrogens (tertiary/aromatic N) is 3. The van der Waals surface area contributed by atoms with Crippen molar-refractivity contribution in [2.24, 2.45) is 0 Å². The Kier molecular flexibility index (Phi) is 5.53. The number of carbonyl (C=O) groups is 2. The van der Waals surface area contributed by atoms with Crippen LogP contribution >= 0.6 is 11.5 Å². The molecule has 0 atom stereocenters. The van der Waals surface area contributed by atoms with E-state index < -0.39 is 11.8 Å². The van der Waals surface area contributed by atoms with Gasteiger partial charge in [0.15, 0.2) is 0 Å². The fraction of sp³-hybridized carbons (Fsp3) is 0.238. The van der Waals surface area contributed by atoms with Gasteiger partial charge in [-0.3, -0.25) is 14.6 Å². The maximum atomic E-state index is 12.2. The number of fused-ring (bicyclic) bond motifs is 1. The second-order valence-corrected chi connectivity index (χ2v) is 7.72. The van der Waals surface area contributed by atoms with Crippen LogP contribution in [0.3, 0.4) is 0 Å². The van der Waals surface area contributed by atoms with Crippen molar-refractivity contribution in [1.29, 1.82) is 0 Å². The van der Waals surface area contributed by atoms with Gasteiger partial charge in [0.2, 0.25) is 0 Å². The zero-order valence-electron chi connectivity index (χ0n) is 16.0. The lowest BCUT2D eigenvalue weighted by molar-refractivity contribution is -0.136. The molecule has 2 aromatic heterocycles. The summed E-state index contributed by atoms with van der Waals surface area (Å²) in [5, 5.41) is 5.78. The fourth-order valence-electron chi connectivity index (χ4n) is 3.35. The second kappa shape index (κ2) is 8.40. The Bertz CT molecular complexity index is 1030. The molecule has 3 heterocycles. The molecule has 0 fully saturated rings. The summed E-state index contributed by atoms with van der Waals surface area (Å²) in [5.41, 5.74) is 4.87. The maximum Gasteiger partial charge on any atom is 0.314 e. The third-order valence-corrected chi connectivity index (χ3v) is 5.53. The molecule has 2 amide bonds. The highest BCUT2D eigenvalue weighted by Crippen LogP contribution is 2.27. The number of rotatable bonds is 4. The number of hydrogen-bond acceptors (Lipinski definition) is 6. The van der Waals surface area contributed by atoms with Gasteiger partial charge in [-0.25, -0.2) is 0 Å². The summed E-state index contributed by atoms with van der Waals surface area (Å²) >= 11 is 1.11. The van der Waals surface area contributed by atoms with Gasteiger partial charge >= 0.3 is 11.8 Å². The minimum atomic E-state index is -0.709. The first-order valence-corrected chi connectivity index (χ1v) is 10.2. The molecule has 29 heavy (non-hydrogen) atoms. The molecule has 4 rings (SSSR count). The van der Waals surface area contributed by atoms with Crippen LogP contribution in [0.15, 0.2) is 48.7 Å². The van der Waals surface area contributed by atoms with E-state index in [1.165, 1.54) is 11.3 Å². The number of aromatic nitrogens is 2. The number of anilines is 2. The molecule has 0 spiro atoms. The number of pyridine rings is 1. The van der Waals surface area contributed by atoms with Crippen LogP contribution in [0.4, 0.5) is 10.7 Å². The number of nitrogens with one attached hydrogen (secondary N) is 2. The third-order valence-electron chi connectivity index (χ3n) is 4.83. The predicted octanol–water partition coefficient (Wildman–Crippen LogP) is 2.84. The van der Waals surface area contributed by atoms with Gasteiger partial charge in [0.1, 0.15) is 10.7 Å². The van der Waals surface area contributed by atoms with Crippen molar-refractivity contribution < 1.29 is 9.59 Å². The second-order valence-electron chi connectivity index (χ2n) is 6.92. The van der Waals surface area contributed by atoms with Gasteiger partial charge < -0.3 is 15.5 Å². The van der Waals surface area contributed by atoms with Crippen molar-refractivity contribution in [2.75, 3.05) is 23.8 Å². The number of amides is 2. The van der Waals surface area contributed by atoms with E-state index in [1.54, 1.807) is 12.3 Å². The summed E-state index contributed by atoms with van der Waals surface area (Å²) in [6.45, 7) is 1.37. The summed E-state index contributed by atoms with van der Waals surface area (Å²) in [6, 6.07) is 13.4.